The molecule has 0 saturated carbocycles. The summed E-state index contributed by atoms with van der Waals surface area (Å²) in [6, 6.07) is 0. The van der Waals surface area contributed by atoms with Crippen molar-refractivity contribution in [1.82, 2.24) is 10.6 Å². The zero-order valence-electron chi connectivity index (χ0n) is 25.4. The topological polar surface area (TPSA) is 166 Å². The van der Waals surface area contributed by atoms with E-state index in [9.17, 15) is 24.3 Å². The lowest BCUT2D eigenvalue weighted by Gasteiger charge is -2.30. The summed E-state index contributed by atoms with van der Waals surface area (Å²) in [6.07, 6.45) is 3.53. The van der Waals surface area contributed by atoms with Gasteiger partial charge in [-0.1, -0.05) is 32.1 Å². The van der Waals surface area contributed by atoms with Gasteiger partial charge in [-0.2, -0.15) is 0 Å². The number of carbonyl (C=O) groups excluding carboxylic acids is 4. The number of methoxy groups -OCH3 is 2. The van der Waals surface area contributed by atoms with E-state index in [0.29, 0.717) is 30.4 Å². The van der Waals surface area contributed by atoms with Crippen molar-refractivity contribution in [1.29, 1.82) is 0 Å². The fraction of sp³-hybridized carbons (Fsp3) is 0.548. The third-order valence-electron chi connectivity index (χ3n) is 7.54. The molecule has 0 radical (unpaired) electrons. The van der Waals surface area contributed by atoms with Crippen LogP contribution in [0.15, 0.2) is 59.0 Å². The molecule has 0 fully saturated rings. The Morgan fingerprint density at radius 2 is 1.86 bits per heavy atom. The normalized spacial score (nSPS) is 31.2. The maximum Gasteiger partial charge on any atom is 0.405 e. The molecule has 1 aliphatic heterocycles. The summed E-state index contributed by atoms with van der Waals surface area (Å²) in [4.78, 5) is 51.4. The number of hydrogen-bond acceptors (Lipinski definition) is 9. The molecule has 6 atom stereocenters. The lowest BCUT2D eigenvalue weighted by Crippen LogP contribution is -2.38. The lowest BCUT2D eigenvalue weighted by molar-refractivity contribution is -0.120. The van der Waals surface area contributed by atoms with Crippen LogP contribution in [0.2, 0.25) is 0 Å². The van der Waals surface area contributed by atoms with E-state index in [4.69, 9.17) is 19.9 Å². The van der Waals surface area contributed by atoms with Crippen LogP contribution in [0, 0.1) is 11.8 Å². The van der Waals surface area contributed by atoms with E-state index in [1.165, 1.54) is 14.2 Å². The zero-order chi connectivity index (χ0) is 31.6. The number of rotatable bonds is 6. The molecular weight excluding hydrogens is 542 g/mol. The van der Waals surface area contributed by atoms with E-state index in [1.54, 1.807) is 32.1 Å². The average Bonchev–Trinajstić information content (AvgIpc) is 2.94. The molecule has 1 heterocycles. The molecular formula is C31H45N3O8. The number of fused-ring (bicyclic) bond motifs is 2. The number of hydrogen-bond donors (Lipinski definition) is 4. The standard InChI is InChI=1S/C31H45N3O8/c1-8-12-33-26-21-13-17(2)14-25(41-7)27(36)19(4)15-20(5)29(42-31(32)39)24(40-6)11-9-10-18(3)30(38)34-22(28(21)37)16-23(26)35/h8,10,15-17,19,24-25,27,29,33,36H,1,9,11-14H2,2-7H3,(H2,32,39)(H,34,38)/b18-10+,20-15+/t17-,19+,24?,25+,27-,29+/m1/s1. The molecule has 1 unspecified atom stereocenters. The molecule has 42 heavy (non-hydrogen) atoms. The first kappa shape index (κ1) is 34.7. The second kappa shape index (κ2) is 16.2. The zero-order valence-corrected chi connectivity index (χ0v) is 25.4. The number of aliphatic hydroxyl groups is 1. The third kappa shape index (κ3) is 9.23. The van der Waals surface area contributed by atoms with E-state index in [2.05, 4.69) is 17.2 Å². The van der Waals surface area contributed by atoms with Crippen LogP contribution >= 0.6 is 0 Å². The van der Waals surface area contributed by atoms with Crippen molar-refractivity contribution >= 4 is 23.6 Å². The number of amides is 2. The van der Waals surface area contributed by atoms with E-state index in [0.717, 1.165) is 6.08 Å². The van der Waals surface area contributed by atoms with Gasteiger partial charge in [0.2, 0.25) is 11.6 Å². The van der Waals surface area contributed by atoms with Crippen molar-refractivity contribution in [3.8, 4) is 0 Å². The second-order valence-corrected chi connectivity index (χ2v) is 10.9. The highest BCUT2D eigenvalue weighted by molar-refractivity contribution is 6.23. The minimum absolute atomic E-state index is 0.108. The third-order valence-corrected chi connectivity index (χ3v) is 7.54. The first-order valence-electron chi connectivity index (χ1n) is 14.1. The number of aliphatic hydroxyl groups excluding tert-OH is 1. The van der Waals surface area contributed by atoms with Crippen LogP contribution in [0.5, 0.6) is 0 Å². The van der Waals surface area contributed by atoms with E-state index >= 15 is 0 Å². The van der Waals surface area contributed by atoms with Crippen LogP contribution in [0.4, 0.5) is 4.79 Å². The average molecular weight is 588 g/mol. The monoisotopic (exact) mass is 587 g/mol. The Bertz CT molecular complexity index is 1170. The fourth-order valence-electron chi connectivity index (χ4n) is 5.26. The Morgan fingerprint density at radius 3 is 2.45 bits per heavy atom. The molecule has 0 saturated heterocycles. The van der Waals surface area contributed by atoms with Crippen molar-refractivity contribution in [3.05, 3.63) is 59.0 Å². The van der Waals surface area contributed by atoms with Crippen LogP contribution < -0.4 is 16.4 Å². The summed E-state index contributed by atoms with van der Waals surface area (Å²) in [7, 11) is 2.98. The van der Waals surface area contributed by atoms with Crippen LogP contribution in [-0.4, -0.2) is 73.9 Å². The molecule has 11 heteroatoms. The van der Waals surface area contributed by atoms with Gasteiger partial charge in [-0.15, -0.1) is 6.58 Å². The largest absolute Gasteiger partial charge is 0.439 e. The minimum Gasteiger partial charge on any atom is -0.439 e. The molecule has 0 aromatic heterocycles. The summed E-state index contributed by atoms with van der Waals surface area (Å²) >= 11 is 0. The Kier molecular flexibility index (Phi) is 13.4. The molecule has 2 aliphatic rings. The number of ether oxygens (including phenoxy) is 3. The van der Waals surface area contributed by atoms with Gasteiger partial charge < -0.3 is 35.7 Å². The molecule has 0 spiro atoms. The first-order chi connectivity index (χ1) is 19.8. The van der Waals surface area contributed by atoms with E-state index in [-0.39, 0.29) is 35.9 Å². The molecule has 2 bridgehead atoms. The molecule has 0 aromatic rings. The Labute approximate surface area is 247 Å². The summed E-state index contributed by atoms with van der Waals surface area (Å²) < 4.78 is 16.7. The molecule has 11 nitrogen and oxygen atoms in total. The van der Waals surface area contributed by atoms with Gasteiger partial charge in [0, 0.05) is 43.9 Å². The number of carbonyl (C=O) groups is 4. The molecule has 232 valence electrons. The number of ketones is 2. The van der Waals surface area contributed by atoms with Gasteiger partial charge >= 0.3 is 6.09 Å². The Balaban J connectivity index is 2.57. The van der Waals surface area contributed by atoms with Gasteiger partial charge in [0.05, 0.1) is 29.7 Å². The molecule has 0 aromatic carbocycles. The Hall–Kier alpha value is -3.54. The highest BCUT2D eigenvalue weighted by atomic mass is 16.6. The number of nitrogens with two attached hydrogens (primary N) is 1. The maximum atomic E-state index is 13.6. The lowest BCUT2D eigenvalue weighted by atomic mass is 9.85. The molecule has 5 N–H and O–H groups in total. The van der Waals surface area contributed by atoms with Crippen LogP contribution in [0.25, 0.3) is 0 Å². The van der Waals surface area contributed by atoms with Crippen molar-refractivity contribution < 1.29 is 38.5 Å². The van der Waals surface area contributed by atoms with Gasteiger partial charge in [0.25, 0.3) is 5.91 Å². The highest BCUT2D eigenvalue weighted by Gasteiger charge is 2.33. The highest BCUT2D eigenvalue weighted by Crippen LogP contribution is 2.29. The number of Topliss-reactive ketones (excluding diaryl/α,β-unsaturated/α-hetero) is 1. The second-order valence-electron chi connectivity index (χ2n) is 10.9. The minimum atomic E-state index is -0.967. The van der Waals surface area contributed by atoms with Crippen molar-refractivity contribution in [2.45, 2.75) is 77.8 Å². The van der Waals surface area contributed by atoms with E-state index in [1.807, 2.05) is 13.8 Å². The fourth-order valence-corrected chi connectivity index (χ4v) is 5.26. The van der Waals surface area contributed by atoms with Gasteiger partial charge in [-0.25, -0.2) is 4.79 Å². The predicted octanol–water partition coefficient (Wildman–Crippen LogP) is 2.76. The number of nitrogens with one attached hydrogen (secondary N) is 2. The number of primary amides is 1. The quantitative estimate of drug-likeness (QED) is 0.270. The summed E-state index contributed by atoms with van der Waals surface area (Å²) in [5.74, 6) is -2.03. The van der Waals surface area contributed by atoms with Crippen LogP contribution in [0.3, 0.4) is 0 Å². The van der Waals surface area contributed by atoms with Crippen molar-refractivity contribution in [2.24, 2.45) is 17.6 Å². The van der Waals surface area contributed by atoms with Gasteiger partial charge in [-0.05, 0) is 51.0 Å². The smallest absolute Gasteiger partial charge is 0.405 e. The molecule has 2 rings (SSSR count). The Morgan fingerprint density at radius 1 is 1.19 bits per heavy atom. The van der Waals surface area contributed by atoms with Crippen LogP contribution in [0.1, 0.15) is 53.4 Å². The van der Waals surface area contributed by atoms with Gasteiger partial charge in [0.15, 0.2) is 6.10 Å². The van der Waals surface area contributed by atoms with Crippen molar-refractivity contribution in [3.63, 3.8) is 0 Å². The van der Waals surface area contributed by atoms with Crippen molar-refractivity contribution in [2.75, 3.05) is 20.8 Å². The summed E-state index contributed by atoms with van der Waals surface area (Å²) in [6.45, 7) is 11.0. The first-order valence-corrected chi connectivity index (χ1v) is 14.1. The molecule has 2 amide bonds. The van der Waals surface area contributed by atoms with Gasteiger partial charge in [0.1, 0.15) is 0 Å². The number of allylic oxidation sites excluding steroid dienone is 3. The maximum absolute atomic E-state index is 13.6. The van der Waals surface area contributed by atoms with Gasteiger partial charge in [-0.3, -0.25) is 14.4 Å². The van der Waals surface area contributed by atoms with Crippen LogP contribution in [-0.2, 0) is 28.6 Å². The summed E-state index contributed by atoms with van der Waals surface area (Å²) in [5.41, 5.74) is 6.63. The predicted molar refractivity (Wildman–Crippen MR) is 158 cm³/mol. The van der Waals surface area contributed by atoms with E-state index < -0.39 is 53.9 Å². The SMILES string of the molecule is C=CCNC1=C2C[C@@H](C)C[C@H](OC)[C@H](O)[C@@H](C)/C=C(\C)[C@H](OC(N)=O)C(OC)CC/C=C(\C)C(=O)NC(=CC1=O)C2=O. The molecule has 1 aliphatic carbocycles. The summed E-state index contributed by atoms with van der Waals surface area (Å²) in [5, 5.41) is 16.8.